The summed E-state index contributed by atoms with van der Waals surface area (Å²) in [6.07, 6.45) is 0. The van der Waals surface area contributed by atoms with Crippen molar-refractivity contribution in [2.75, 3.05) is 0 Å². The van der Waals surface area contributed by atoms with Gasteiger partial charge in [-0.1, -0.05) is 0 Å². The molecule has 0 unspecified atom stereocenters. The normalized spacial score (nSPS) is 10.0. The summed E-state index contributed by atoms with van der Waals surface area (Å²) in [4.78, 5) is 9.19. The molecule has 0 fully saturated rings. The molecule has 0 aliphatic rings. The summed E-state index contributed by atoms with van der Waals surface area (Å²) >= 11 is 4.23. The molecule has 0 aliphatic heterocycles. The Hall–Kier alpha value is -0.570. The van der Waals surface area contributed by atoms with E-state index in [1.165, 1.54) is 0 Å². The third-order valence-electron chi connectivity index (χ3n) is 1.34. The molecule has 2 nitrogen and oxygen atoms in total. The first kappa shape index (κ1) is 7.54. The molecule has 0 atom stereocenters. The van der Waals surface area contributed by atoms with Crippen molar-refractivity contribution >= 4 is 12.6 Å². The molecule has 0 aliphatic carbocycles. The quantitative estimate of drug-likeness (QED) is 0.575. The molecule has 0 aromatic carbocycles. The molecule has 1 aromatic rings. The number of aromatic nitrogens is 2. The molecule has 0 amide bonds. The average molecular weight is 154 g/mol. The van der Waals surface area contributed by atoms with Gasteiger partial charge in [-0.15, -0.1) is 12.6 Å². The second-order valence-electron chi connectivity index (χ2n) is 2.29. The summed E-state index contributed by atoms with van der Waals surface area (Å²) in [7, 11) is 0. The Morgan fingerprint density at radius 1 is 1.00 bits per heavy atom. The van der Waals surface area contributed by atoms with Crippen LogP contribution in [0.1, 0.15) is 17.2 Å². The van der Waals surface area contributed by atoms with Crippen molar-refractivity contribution in [1.82, 2.24) is 9.97 Å². The zero-order valence-corrected chi connectivity index (χ0v) is 7.24. The minimum atomic E-state index is 0.813. The molecule has 54 valence electrons. The largest absolute Gasteiger partial charge is 0.237 e. The highest BCUT2D eigenvalue weighted by molar-refractivity contribution is 7.80. The maximum absolute atomic E-state index is 4.23. The van der Waals surface area contributed by atoms with Gasteiger partial charge >= 0.3 is 0 Å². The molecule has 1 heterocycles. The summed E-state index contributed by atoms with van der Waals surface area (Å²) < 4.78 is 0. The van der Waals surface area contributed by atoms with Crippen molar-refractivity contribution < 1.29 is 0 Å². The van der Waals surface area contributed by atoms with E-state index in [0.29, 0.717) is 0 Å². The van der Waals surface area contributed by atoms with E-state index in [-0.39, 0.29) is 0 Å². The van der Waals surface area contributed by atoms with E-state index in [0.717, 1.165) is 22.1 Å². The van der Waals surface area contributed by atoms with Crippen LogP contribution in [0.3, 0.4) is 0 Å². The van der Waals surface area contributed by atoms with Crippen LogP contribution in [0.15, 0.2) is 4.90 Å². The minimum absolute atomic E-state index is 0.813. The maximum atomic E-state index is 4.23. The highest BCUT2D eigenvalue weighted by atomic mass is 32.1. The highest BCUT2D eigenvalue weighted by Gasteiger charge is 2.00. The zero-order valence-electron chi connectivity index (χ0n) is 6.34. The molecular formula is C7H10N2S. The first-order chi connectivity index (χ1) is 4.61. The van der Waals surface area contributed by atoms with Crippen molar-refractivity contribution in [3.05, 3.63) is 17.2 Å². The Morgan fingerprint density at radius 2 is 1.40 bits per heavy atom. The highest BCUT2D eigenvalue weighted by Crippen LogP contribution is 2.13. The van der Waals surface area contributed by atoms with E-state index in [2.05, 4.69) is 22.6 Å². The van der Waals surface area contributed by atoms with Gasteiger partial charge in [0.25, 0.3) is 0 Å². The molecule has 0 radical (unpaired) electrons. The van der Waals surface area contributed by atoms with Crippen molar-refractivity contribution in [1.29, 1.82) is 0 Å². The molecule has 0 spiro atoms. The smallest absolute Gasteiger partial charge is 0.125 e. The van der Waals surface area contributed by atoms with Gasteiger partial charge in [-0.3, -0.25) is 0 Å². The average Bonchev–Trinajstić information content (AvgIpc) is 1.82. The molecule has 1 aromatic heterocycles. The van der Waals surface area contributed by atoms with Gasteiger partial charge in [0.1, 0.15) is 5.82 Å². The predicted octanol–water partition coefficient (Wildman–Crippen LogP) is 1.69. The zero-order chi connectivity index (χ0) is 7.72. The lowest BCUT2D eigenvalue weighted by atomic mass is 10.3. The predicted molar refractivity (Wildman–Crippen MR) is 43.5 cm³/mol. The lowest BCUT2D eigenvalue weighted by molar-refractivity contribution is 0.920. The maximum Gasteiger partial charge on any atom is 0.125 e. The van der Waals surface area contributed by atoms with Crippen LogP contribution in [-0.4, -0.2) is 9.97 Å². The fourth-order valence-electron chi connectivity index (χ4n) is 0.878. The number of thiol groups is 1. The topological polar surface area (TPSA) is 25.8 Å². The van der Waals surface area contributed by atoms with E-state index >= 15 is 0 Å². The summed E-state index contributed by atoms with van der Waals surface area (Å²) in [5, 5.41) is 0. The van der Waals surface area contributed by atoms with Crippen LogP contribution in [0.4, 0.5) is 0 Å². The van der Waals surface area contributed by atoms with Crippen LogP contribution in [0.25, 0.3) is 0 Å². The Bertz CT molecular complexity index is 235. The lowest BCUT2D eigenvalue weighted by Crippen LogP contribution is -1.95. The summed E-state index contributed by atoms with van der Waals surface area (Å²) in [6, 6.07) is 0. The van der Waals surface area contributed by atoms with Gasteiger partial charge in [0, 0.05) is 4.90 Å². The molecule has 1 rings (SSSR count). The van der Waals surface area contributed by atoms with Crippen molar-refractivity contribution in [3.8, 4) is 0 Å². The Balaban J connectivity index is 3.31. The van der Waals surface area contributed by atoms with Crippen LogP contribution in [0.5, 0.6) is 0 Å². The molecule has 0 saturated carbocycles. The van der Waals surface area contributed by atoms with E-state index in [9.17, 15) is 0 Å². The molecule has 0 bridgehead atoms. The monoisotopic (exact) mass is 154 g/mol. The standard InChI is InChI=1S/C7H10N2S/c1-4-7(10)5(2)9-6(3)8-4/h10H,1-3H3. The van der Waals surface area contributed by atoms with Gasteiger partial charge in [0.15, 0.2) is 0 Å². The SMILES string of the molecule is Cc1nc(C)c(S)c(C)n1. The van der Waals surface area contributed by atoms with E-state index in [1.54, 1.807) is 0 Å². The number of aryl methyl sites for hydroxylation is 3. The van der Waals surface area contributed by atoms with Gasteiger partial charge in [-0.2, -0.15) is 0 Å². The number of nitrogens with zero attached hydrogens (tertiary/aromatic N) is 2. The molecule has 0 saturated heterocycles. The van der Waals surface area contributed by atoms with Gasteiger partial charge in [-0.25, -0.2) is 9.97 Å². The molecule has 10 heavy (non-hydrogen) atoms. The fraction of sp³-hybridized carbons (Fsp3) is 0.429. The number of hydrogen-bond donors (Lipinski definition) is 1. The van der Waals surface area contributed by atoms with E-state index in [1.807, 2.05) is 20.8 Å². The van der Waals surface area contributed by atoms with Crippen molar-refractivity contribution in [3.63, 3.8) is 0 Å². The van der Waals surface area contributed by atoms with E-state index in [4.69, 9.17) is 0 Å². The Labute approximate surface area is 66.1 Å². The van der Waals surface area contributed by atoms with Crippen LogP contribution in [0, 0.1) is 20.8 Å². The number of hydrogen-bond acceptors (Lipinski definition) is 3. The summed E-state index contributed by atoms with van der Waals surface area (Å²) in [5.41, 5.74) is 1.90. The Morgan fingerprint density at radius 3 is 1.80 bits per heavy atom. The summed E-state index contributed by atoms with van der Waals surface area (Å²) in [5.74, 6) is 0.813. The van der Waals surface area contributed by atoms with Crippen LogP contribution < -0.4 is 0 Å². The van der Waals surface area contributed by atoms with Gasteiger partial charge in [-0.05, 0) is 20.8 Å². The van der Waals surface area contributed by atoms with E-state index < -0.39 is 0 Å². The first-order valence-corrected chi connectivity index (χ1v) is 3.57. The summed E-state index contributed by atoms with van der Waals surface area (Å²) in [6.45, 7) is 5.75. The van der Waals surface area contributed by atoms with Crippen molar-refractivity contribution in [2.45, 2.75) is 25.7 Å². The van der Waals surface area contributed by atoms with Crippen LogP contribution in [0.2, 0.25) is 0 Å². The van der Waals surface area contributed by atoms with Crippen molar-refractivity contribution in [2.24, 2.45) is 0 Å². The lowest BCUT2D eigenvalue weighted by Gasteiger charge is -2.01. The minimum Gasteiger partial charge on any atom is -0.237 e. The van der Waals surface area contributed by atoms with Crippen LogP contribution >= 0.6 is 12.6 Å². The van der Waals surface area contributed by atoms with Crippen LogP contribution in [-0.2, 0) is 0 Å². The second-order valence-corrected chi connectivity index (χ2v) is 2.74. The third kappa shape index (κ3) is 1.29. The second kappa shape index (κ2) is 2.58. The Kier molecular flexibility index (Phi) is 1.94. The first-order valence-electron chi connectivity index (χ1n) is 3.12. The van der Waals surface area contributed by atoms with Gasteiger partial charge in [0.2, 0.25) is 0 Å². The molecular weight excluding hydrogens is 144 g/mol. The van der Waals surface area contributed by atoms with Gasteiger partial charge in [0.05, 0.1) is 11.4 Å². The van der Waals surface area contributed by atoms with Gasteiger partial charge < -0.3 is 0 Å². The molecule has 0 N–H and O–H groups in total. The fourth-order valence-corrected chi connectivity index (χ4v) is 0.978. The number of rotatable bonds is 0. The molecule has 3 heteroatoms. The third-order valence-corrected chi connectivity index (χ3v) is 1.99.